The van der Waals surface area contributed by atoms with Crippen LogP contribution in [0.3, 0.4) is 0 Å². The molecule has 0 radical (unpaired) electrons. The van der Waals surface area contributed by atoms with Crippen molar-refractivity contribution < 1.29 is 23.0 Å². The summed E-state index contributed by atoms with van der Waals surface area (Å²) in [6, 6.07) is 12.8. The van der Waals surface area contributed by atoms with Gasteiger partial charge in [-0.1, -0.05) is 12.1 Å². The maximum absolute atomic E-state index is 12.0. The summed E-state index contributed by atoms with van der Waals surface area (Å²) in [5.41, 5.74) is 1.29. The molecule has 2 aromatic rings. The number of ether oxygens (including phenoxy) is 2. The number of alkyl halides is 2. The second-order valence-electron chi connectivity index (χ2n) is 4.43. The molecule has 0 saturated carbocycles. The standard InChI is InChI=1S/C16H15F2NO3/c1-21-13-6-2-11(3-7-13)10-19-15(20)12-4-8-14(9-5-12)22-16(17)18/h2-9,16H,10H2,1H3,(H,19,20). The molecule has 2 aromatic carbocycles. The van der Waals surface area contributed by atoms with E-state index in [-0.39, 0.29) is 11.7 Å². The minimum absolute atomic E-state index is 0.0155. The first kappa shape index (κ1) is 15.8. The van der Waals surface area contributed by atoms with Crippen molar-refractivity contribution in [3.8, 4) is 11.5 Å². The Hall–Kier alpha value is -2.63. The van der Waals surface area contributed by atoms with Crippen LogP contribution in [-0.4, -0.2) is 19.6 Å². The number of halogens is 2. The molecule has 1 N–H and O–H groups in total. The Balaban J connectivity index is 1.91. The van der Waals surface area contributed by atoms with Gasteiger partial charge in [0, 0.05) is 12.1 Å². The molecule has 0 aliphatic carbocycles. The molecule has 0 spiro atoms. The van der Waals surface area contributed by atoms with Crippen LogP contribution in [0.4, 0.5) is 8.78 Å². The van der Waals surface area contributed by atoms with Gasteiger partial charge < -0.3 is 14.8 Å². The summed E-state index contributed by atoms with van der Waals surface area (Å²) in [7, 11) is 1.58. The van der Waals surface area contributed by atoms with Crippen LogP contribution < -0.4 is 14.8 Å². The molecule has 6 heteroatoms. The van der Waals surface area contributed by atoms with Gasteiger partial charge in [0.15, 0.2) is 0 Å². The summed E-state index contributed by atoms with van der Waals surface area (Å²) in [4.78, 5) is 11.9. The van der Waals surface area contributed by atoms with Crippen LogP contribution in [-0.2, 0) is 6.54 Å². The van der Waals surface area contributed by atoms with Crippen LogP contribution in [0, 0.1) is 0 Å². The van der Waals surface area contributed by atoms with Gasteiger partial charge in [-0.25, -0.2) is 0 Å². The number of carbonyl (C=O) groups is 1. The van der Waals surface area contributed by atoms with Crippen molar-refractivity contribution in [2.24, 2.45) is 0 Å². The minimum Gasteiger partial charge on any atom is -0.497 e. The summed E-state index contributed by atoms with van der Waals surface area (Å²) in [6.07, 6.45) is 0. The Kier molecular flexibility index (Phi) is 5.30. The number of nitrogens with one attached hydrogen (secondary N) is 1. The highest BCUT2D eigenvalue weighted by Gasteiger charge is 2.08. The van der Waals surface area contributed by atoms with Crippen molar-refractivity contribution in [1.29, 1.82) is 0 Å². The van der Waals surface area contributed by atoms with Gasteiger partial charge in [0.2, 0.25) is 0 Å². The fourth-order valence-electron chi connectivity index (χ4n) is 1.82. The van der Waals surface area contributed by atoms with E-state index in [0.717, 1.165) is 11.3 Å². The zero-order chi connectivity index (χ0) is 15.9. The highest BCUT2D eigenvalue weighted by Crippen LogP contribution is 2.15. The Labute approximate surface area is 126 Å². The van der Waals surface area contributed by atoms with E-state index in [1.807, 2.05) is 12.1 Å². The Bertz CT molecular complexity index is 612. The quantitative estimate of drug-likeness (QED) is 0.891. The Morgan fingerprint density at radius 3 is 2.18 bits per heavy atom. The van der Waals surface area contributed by atoms with Gasteiger partial charge in [0.25, 0.3) is 5.91 Å². The number of hydrogen-bond donors (Lipinski definition) is 1. The van der Waals surface area contributed by atoms with E-state index in [1.165, 1.54) is 24.3 Å². The molecule has 0 aliphatic heterocycles. The fourth-order valence-corrected chi connectivity index (χ4v) is 1.82. The van der Waals surface area contributed by atoms with E-state index in [1.54, 1.807) is 19.2 Å². The summed E-state index contributed by atoms with van der Waals surface area (Å²) >= 11 is 0. The molecule has 4 nitrogen and oxygen atoms in total. The van der Waals surface area contributed by atoms with E-state index in [2.05, 4.69) is 10.1 Å². The molecule has 1 amide bonds. The number of amides is 1. The number of methoxy groups -OCH3 is 1. The smallest absolute Gasteiger partial charge is 0.387 e. The SMILES string of the molecule is COc1ccc(CNC(=O)c2ccc(OC(F)F)cc2)cc1. The first-order valence-electron chi connectivity index (χ1n) is 6.54. The van der Waals surface area contributed by atoms with Gasteiger partial charge in [-0.15, -0.1) is 0 Å². The summed E-state index contributed by atoms with van der Waals surface area (Å²) in [6.45, 7) is -2.52. The molecule has 0 aliphatic rings. The second-order valence-corrected chi connectivity index (χ2v) is 4.43. The van der Waals surface area contributed by atoms with E-state index < -0.39 is 6.61 Å². The predicted octanol–water partition coefficient (Wildman–Crippen LogP) is 3.23. The Morgan fingerprint density at radius 1 is 1.05 bits per heavy atom. The minimum atomic E-state index is -2.88. The van der Waals surface area contributed by atoms with E-state index >= 15 is 0 Å². The number of hydrogen-bond acceptors (Lipinski definition) is 3. The lowest BCUT2D eigenvalue weighted by molar-refractivity contribution is -0.0498. The van der Waals surface area contributed by atoms with Crippen molar-refractivity contribution in [3.63, 3.8) is 0 Å². The molecule has 0 unspecified atom stereocenters. The first-order valence-corrected chi connectivity index (χ1v) is 6.54. The molecule has 2 rings (SSSR count). The highest BCUT2D eigenvalue weighted by molar-refractivity contribution is 5.94. The molecule has 0 atom stereocenters. The second kappa shape index (κ2) is 7.40. The zero-order valence-corrected chi connectivity index (χ0v) is 11.9. The third-order valence-electron chi connectivity index (χ3n) is 2.95. The van der Waals surface area contributed by atoms with Crippen LogP contribution in [0.15, 0.2) is 48.5 Å². The molecular formula is C16H15F2NO3. The average Bonchev–Trinajstić information content (AvgIpc) is 2.53. The predicted molar refractivity (Wildman–Crippen MR) is 77.2 cm³/mol. The topological polar surface area (TPSA) is 47.6 Å². The summed E-state index contributed by atoms with van der Waals surface area (Å²) < 4.78 is 33.3. The van der Waals surface area contributed by atoms with Crippen molar-refractivity contribution >= 4 is 5.91 Å². The van der Waals surface area contributed by atoms with Crippen molar-refractivity contribution in [2.75, 3.05) is 7.11 Å². The van der Waals surface area contributed by atoms with E-state index in [4.69, 9.17) is 4.74 Å². The zero-order valence-electron chi connectivity index (χ0n) is 11.9. The lowest BCUT2D eigenvalue weighted by Gasteiger charge is -2.08. The lowest BCUT2D eigenvalue weighted by Crippen LogP contribution is -2.22. The molecular weight excluding hydrogens is 292 g/mol. The van der Waals surface area contributed by atoms with Crippen molar-refractivity contribution in [2.45, 2.75) is 13.2 Å². The lowest BCUT2D eigenvalue weighted by atomic mass is 10.2. The van der Waals surface area contributed by atoms with Gasteiger partial charge >= 0.3 is 6.61 Å². The fraction of sp³-hybridized carbons (Fsp3) is 0.188. The van der Waals surface area contributed by atoms with E-state index in [0.29, 0.717) is 12.1 Å². The van der Waals surface area contributed by atoms with Crippen LogP contribution in [0.5, 0.6) is 11.5 Å². The van der Waals surface area contributed by atoms with Crippen LogP contribution in [0.25, 0.3) is 0 Å². The monoisotopic (exact) mass is 307 g/mol. The maximum Gasteiger partial charge on any atom is 0.387 e. The van der Waals surface area contributed by atoms with Crippen LogP contribution in [0.1, 0.15) is 15.9 Å². The van der Waals surface area contributed by atoms with Gasteiger partial charge in [0.05, 0.1) is 7.11 Å². The number of carbonyl (C=O) groups excluding carboxylic acids is 1. The normalized spacial score (nSPS) is 10.4. The molecule has 0 heterocycles. The number of benzene rings is 2. The van der Waals surface area contributed by atoms with Gasteiger partial charge in [-0.05, 0) is 42.0 Å². The first-order chi connectivity index (χ1) is 10.6. The molecule has 0 fully saturated rings. The molecule has 0 saturated heterocycles. The maximum atomic E-state index is 12.0. The van der Waals surface area contributed by atoms with Gasteiger partial charge in [-0.3, -0.25) is 4.79 Å². The molecule has 116 valence electrons. The highest BCUT2D eigenvalue weighted by atomic mass is 19.3. The van der Waals surface area contributed by atoms with Crippen LogP contribution in [0.2, 0.25) is 0 Å². The molecule has 0 bridgehead atoms. The van der Waals surface area contributed by atoms with Gasteiger partial charge in [-0.2, -0.15) is 8.78 Å². The largest absolute Gasteiger partial charge is 0.497 e. The third-order valence-corrected chi connectivity index (χ3v) is 2.95. The van der Waals surface area contributed by atoms with Crippen LogP contribution >= 0.6 is 0 Å². The van der Waals surface area contributed by atoms with Gasteiger partial charge in [0.1, 0.15) is 11.5 Å². The molecule has 0 aromatic heterocycles. The van der Waals surface area contributed by atoms with Crippen molar-refractivity contribution in [1.82, 2.24) is 5.32 Å². The Morgan fingerprint density at radius 2 is 1.64 bits per heavy atom. The number of rotatable bonds is 6. The summed E-state index contributed by atoms with van der Waals surface area (Å²) in [5.74, 6) is 0.464. The average molecular weight is 307 g/mol. The summed E-state index contributed by atoms with van der Waals surface area (Å²) in [5, 5.41) is 2.74. The third kappa shape index (κ3) is 4.44. The molecule has 22 heavy (non-hydrogen) atoms. The van der Waals surface area contributed by atoms with E-state index in [9.17, 15) is 13.6 Å². The van der Waals surface area contributed by atoms with Crippen molar-refractivity contribution in [3.05, 3.63) is 59.7 Å².